The Morgan fingerprint density at radius 1 is 1.17 bits per heavy atom. The molecule has 8 heteroatoms. The molecule has 0 aromatic heterocycles. The van der Waals surface area contributed by atoms with Crippen molar-refractivity contribution in [3.63, 3.8) is 0 Å². The molecule has 0 heterocycles. The van der Waals surface area contributed by atoms with E-state index in [2.05, 4.69) is 26.6 Å². The molecule has 1 amide bonds. The van der Waals surface area contributed by atoms with Gasteiger partial charge in [0.15, 0.2) is 11.7 Å². The predicted molar refractivity (Wildman–Crippen MR) is 100 cm³/mol. The van der Waals surface area contributed by atoms with Crippen LogP contribution < -0.4 is 15.4 Å². The number of hydrogen-bond donors (Lipinski definition) is 2. The van der Waals surface area contributed by atoms with Gasteiger partial charge in [0.05, 0.1) is 10.7 Å². The van der Waals surface area contributed by atoms with Crippen molar-refractivity contribution < 1.29 is 9.53 Å². The van der Waals surface area contributed by atoms with Crippen molar-refractivity contribution in [2.75, 3.05) is 11.9 Å². The molecule has 0 radical (unpaired) electrons. The van der Waals surface area contributed by atoms with Crippen molar-refractivity contribution in [3.05, 3.63) is 57.0 Å². The van der Waals surface area contributed by atoms with Crippen LogP contribution in [0.1, 0.15) is 0 Å². The van der Waals surface area contributed by atoms with Gasteiger partial charge in [-0.2, -0.15) is 0 Å². The van der Waals surface area contributed by atoms with Crippen molar-refractivity contribution in [3.8, 4) is 5.75 Å². The Balaban J connectivity index is 1.82. The van der Waals surface area contributed by atoms with Gasteiger partial charge in [-0.05, 0) is 54.7 Å². The summed E-state index contributed by atoms with van der Waals surface area (Å²) < 4.78 is 6.28. The van der Waals surface area contributed by atoms with E-state index >= 15 is 0 Å². The molecule has 0 spiro atoms. The van der Waals surface area contributed by atoms with Crippen LogP contribution in [0.3, 0.4) is 0 Å². The highest BCUT2D eigenvalue weighted by Crippen LogP contribution is 2.25. The lowest BCUT2D eigenvalue weighted by molar-refractivity contribution is -0.121. The van der Waals surface area contributed by atoms with Crippen LogP contribution in [0.4, 0.5) is 5.69 Å². The highest BCUT2D eigenvalue weighted by atomic mass is 79.9. The van der Waals surface area contributed by atoms with Gasteiger partial charge in [-0.3, -0.25) is 10.1 Å². The van der Waals surface area contributed by atoms with Crippen LogP contribution in [0, 0.1) is 0 Å². The fourth-order valence-electron chi connectivity index (χ4n) is 1.59. The highest BCUT2D eigenvalue weighted by molar-refractivity contribution is 9.10. The van der Waals surface area contributed by atoms with Gasteiger partial charge >= 0.3 is 0 Å². The minimum atomic E-state index is -0.379. The molecular weight excluding hydrogens is 423 g/mol. The minimum absolute atomic E-state index is 0.124. The summed E-state index contributed by atoms with van der Waals surface area (Å²) in [4.78, 5) is 11.8. The molecule has 4 nitrogen and oxygen atoms in total. The van der Waals surface area contributed by atoms with E-state index in [1.54, 1.807) is 30.3 Å². The highest BCUT2D eigenvalue weighted by Gasteiger charge is 2.08. The van der Waals surface area contributed by atoms with Gasteiger partial charge in [-0.15, -0.1) is 0 Å². The Labute approximate surface area is 157 Å². The van der Waals surface area contributed by atoms with Crippen LogP contribution in [0.25, 0.3) is 0 Å². The number of thiocarbonyl (C=S) groups is 1. The van der Waals surface area contributed by atoms with Crippen LogP contribution in [-0.4, -0.2) is 17.6 Å². The van der Waals surface area contributed by atoms with Gasteiger partial charge in [-0.25, -0.2) is 0 Å². The number of nitrogens with one attached hydrogen (secondary N) is 2. The van der Waals surface area contributed by atoms with Crippen molar-refractivity contribution in [2.24, 2.45) is 0 Å². The van der Waals surface area contributed by atoms with Crippen molar-refractivity contribution in [1.29, 1.82) is 0 Å². The molecule has 2 aromatic rings. The quantitative estimate of drug-likeness (QED) is 0.689. The molecule has 0 saturated carbocycles. The van der Waals surface area contributed by atoms with E-state index in [-0.39, 0.29) is 17.6 Å². The largest absolute Gasteiger partial charge is 0.484 e. The number of hydrogen-bond acceptors (Lipinski definition) is 3. The number of ether oxygens (including phenoxy) is 1. The first-order valence-electron chi connectivity index (χ1n) is 6.38. The first kappa shape index (κ1) is 18.0. The summed E-state index contributed by atoms with van der Waals surface area (Å²) in [6.45, 7) is -0.155. The zero-order valence-electron chi connectivity index (χ0n) is 11.6. The minimum Gasteiger partial charge on any atom is -0.484 e. The number of amides is 1. The summed E-state index contributed by atoms with van der Waals surface area (Å²) in [6.07, 6.45) is 0. The monoisotopic (exact) mass is 432 g/mol. The zero-order chi connectivity index (χ0) is 16.8. The topological polar surface area (TPSA) is 50.4 Å². The summed E-state index contributed by atoms with van der Waals surface area (Å²) in [6, 6.07) is 12.1. The summed E-state index contributed by atoms with van der Waals surface area (Å²) in [7, 11) is 0. The Bertz CT molecular complexity index is 726. The van der Waals surface area contributed by atoms with Gasteiger partial charge in [0.2, 0.25) is 0 Å². The average molecular weight is 434 g/mol. The van der Waals surface area contributed by atoms with E-state index in [0.717, 1.165) is 4.47 Å². The molecule has 2 aromatic carbocycles. The summed E-state index contributed by atoms with van der Waals surface area (Å²) in [5, 5.41) is 6.37. The molecule has 0 fully saturated rings. The maximum atomic E-state index is 11.8. The molecule has 120 valence electrons. The Morgan fingerprint density at radius 2 is 1.87 bits per heavy atom. The molecule has 2 rings (SSSR count). The number of anilines is 1. The van der Waals surface area contributed by atoms with E-state index in [1.807, 2.05) is 12.1 Å². The van der Waals surface area contributed by atoms with Gasteiger partial charge in [-0.1, -0.05) is 39.1 Å². The van der Waals surface area contributed by atoms with E-state index in [4.69, 9.17) is 40.2 Å². The summed E-state index contributed by atoms with van der Waals surface area (Å²) in [5.74, 6) is 0.207. The fraction of sp³-hybridized carbons (Fsp3) is 0.0667. The van der Waals surface area contributed by atoms with Crippen molar-refractivity contribution in [1.82, 2.24) is 5.32 Å². The van der Waals surface area contributed by atoms with Crippen LogP contribution in [0.5, 0.6) is 5.75 Å². The first-order valence-corrected chi connectivity index (χ1v) is 8.34. The number of rotatable bonds is 4. The lowest BCUT2D eigenvalue weighted by Crippen LogP contribution is -2.37. The van der Waals surface area contributed by atoms with E-state index in [9.17, 15) is 4.79 Å². The molecule has 23 heavy (non-hydrogen) atoms. The Kier molecular flexibility index (Phi) is 6.65. The van der Waals surface area contributed by atoms with Crippen LogP contribution in [0.2, 0.25) is 10.0 Å². The Morgan fingerprint density at radius 3 is 2.52 bits per heavy atom. The number of halogens is 3. The molecule has 0 bridgehead atoms. The molecule has 0 aliphatic carbocycles. The van der Waals surface area contributed by atoms with Crippen LogP contribution in [-0.2, 0) is 4.79 Å². The van der Waals surface area contributed by atoms with Crippen molar-refractivity contribution >= 4 is 68.1 Å². The molecule has 0 saturated heterocycles. The standard InChI is InChI=1S/C15H11BrCl2N2O2S/c16-9-1-4-11(5-2-9)22-8-14(21)20-15(23)19-13-6-3-10(17)7-12(13)18/h1-7H,8H2,(H2,19,20,21,23). The van der Waals surface area contributed by atoms with Crippen molar-refractivity contribution in [2.45, 2.75) is 0 Å². The number of benzene rings is 2. The van der Waals surface area contributed by atoms with Crippen LogP contribution >= 0.6 is 51.3 Å². The third-order valence-corrected chi connectivity index (χ3v) is 3.90. The smallest absolute Gasteiger partial charge is 0.264 e. The predicted octanol–water partition coefficient (Wildman–Crippen LogP) is 4.65. The van der Waals surface area contributed by atoms with E-state index in [1.165, 1.54) is 0 Å². The molecule has 0 aliphatic heterocycles. The maximum absolute atomic E-state index is 11.8. The molecule has 2 N–H and O–H groups in total. The first-order chi connectivity index (χ1) is 10.9. The second-order valence-electron chi connectivity index (χ2n) is 4.37. The third kappa shape index (κ3) is 5.99. The van der Waals surface area contributed by atoms with Crippen LogP contribution in [0.15, 0.2) is 46.9 Å². The van der Waals surface area contributed by atoms with E-state index < -0.39 is 0 Å². The van der Waals surface area contributed by atoms with Gasteiger partial charge in [0.1, 0.15) is 5.75 Å². The zero-order valence-corrected chi connectivity index (χ0v) is 15.5. The van der Waals surface area contributed by atoms with E-state index in [0.29, 0.717) is 21.5 Å². The Hall–Kier alpha value is -1.34. The van der Waals surface area contributed by atoms with Gasteiger partial charge in [0, 0.05) is 9.50 Å². The molecule has 0 atom stereocenters. The normalized spacial score (nSPS) is 10.0. The SMILES string of the molecule is O=C(COc1ccc(Br)cc1)NC(=S)Nc1ccc(Cl)cc1Cl. The second kappa shape index (κ2) is 8.49. The lowest BCUT2D eigenvalue weighted by atomic mass is 10.3. The fourth-order valence-corrected chi connectivity index (χ4v) is 2.53. The summed E-state index contributed by atoms with van der Waals surface area (Å²) in [5.41, 5.74) is 0.551. The number of carbonyl (C=O) groups excluding carboxylic acids is 1. The van der Waals surface area contributed by atoms with Gasteiger partial charge < -0.3 is 10.1 Å². The molecule has 0 unspecified atom stereocenters. The maximum Gasteiger partial charge on any atom is 0.264 e. The molecular formula is C15H11BrCl2N2O2S. The van der Waals surface area contributed by atoms with Gasteiger partial charge in [0.25, 0.3) is 5.91 Å². The average Bonchev–Trinajstić information content (AvgIpc) is 2.49. The molecule has 0 aliphatic rings. The third-order valence-electron chi connectivity index (χ3n) is 2.62. The summed E-state index contributed by atoms with van der Waals surface area (Å²) >= 11 is 20.2. The number of carbonyl (C=O) groups is 1. The second-order valence-corrected chi connectivity index (χ2v) is 6.54. The lowest BCUT2D eigenvalue weighted by Gasteiger charge is -2.11.